The number of hydrogen-bond acceptors (Lipinski definition) is 2. The van der Waals surface area contributed by atoms with Crippen LogP contribution in [0.25, 0.3) is 10.8 Å². The van der Waals surface area contributed by atoms with Gasteiger partial charge in [0.25, 0.3) is 0 Å². The summed E-state index contributed by atoms with van der Waals surface area (Å²) in [5, 5.41) is 2.50. The molecule has 1 aliphatic rings. The Labute approximate surface area is 156 Å². The van der Waals surface area contributed by atoms with Crippen LogP contribution in [0.5, 0.6) is 5.75 Å². The third-order valence-corrected chi connectivity index (χ3v) is 5.40. The number of benzene rings is 3. The number of halogens is 1. The highest BCUT2D eigenvalue weighted by molar-refractivity contribution is 9.10. The maximum Gasteiger partial charge on any atom is 0.119 e. The highest BCUT2D eigenvalue weighted by Crippen LogP contribution is 2.43. The van der Waals surface area contributed by atoms with Crippen molar-refractivity contribution >= 4 is 26.7 Å². The van der Waals surface area contributed by atoms with Gasteiger partial charge in [0.1, 0.15) is 11.9 Å². The molecule has 0 saturated heterocycles. The van der Waals surface area contributed by atoms with Crippen molar-refractivity contribution in [1.29, 1.82) is 0 Å². The van der Waals surface area contributed by atoms with Crippen LogP contribution in [0.3, 0.4) is 0 Å². The highest BCUT2D eigenvalue weighted by atomic mass is 79.9. The van der Waals surface area contributed by atoms with E-state index in [0.717, 1.165) is 16.6 Å². The monoisotopic (exact) mass is 396 g/mol. The van der Waals surface area contributed by atoms with Crippen LogP contribution in [-0.2, 0) is 11.2 Å². The first-order chi connectivity index (χ1) is 12.0. The van der Waals surface area contributed by atoms with Crippen molar-refractivity contribution in [3.8, 4) is 5.75 Å². The molecule has 0 bridgehead atoms. The Morgan fingerprint density at radius 1 is 1.04 bits per heavy atom. The predicted molar refractivity (Wildman–Crippen MR) is 105 cm³/mol. The minimum atomic E-state index is -0.220. The van der Waals surface area contributed by atoms with E-state index in [1.807, 2.05) is 6.07 Å². The zero-order chi connectivity index (χ0) is 17.6. The lowest BCUT2D eigenvalue weighted by molar-refractivity contribution is -0.0664. The quantitative estimate of drug-likeness (QED) is 0.524. The van der Waals surface area contributed by atoms with Gasteiger partial charge in [-0.2, -0.15) is 0 Å². The van der Waals surface area contributed by atoms with Crippen molar-refractivity contribution in [3.63, 3.8) is 0 Å². The van der Waals surface area contributed by atoms with Crippen molar-refractivity contribution in [1.82, 2.24) is 0 Å². The fraction of sp³-hybridized carbons (Fsp3) is 0.273. The van der Waals surface area contributed by atoms with Gasteiger partial charge in [-0.1, -0.05) is 46.3 Å². The van der Waals surface area contributed by atoms with E-state index in [1.54, 1.807) is 7.11 Å². The van der Waals surface area contributed by atoms with E-state index < -0.39 is 0 Å². The first-order valence-corrected chi connectivity index (χ1v) is 9.29. The van der Waals surface area contributed by atoms with E-state index in [1.165, 1.54) is 27.5 Å². The summed E-state index contributed by atoms with van der Waals surface area (Å²) in [5.41, 5.74) is 3.57. The predicted octanol–water partition coefficient (Wildman–Crippen LogP) is 6.05. The van der Waals surface area contributed by atoms with Gasteiger partial charge in [-0.25, -0.2) is 0 Å². The minimum absolute atomic E-state index is 0.0533. The second-order valence-corrected chi connectivity index (χ2v) is 8.12. The van der Waals surface area contributed by atoms with Crippen molar-refractivity contribution in [2.75, 3.05) is 7.11 Å². The van der Waals surface area contributed by atoms with Gasteiger partial charge >= 0.3 is 0 Å². The summed E-state index contributed by atoms with van der Waals surface area (Å²) in [6, 6.07) is 19.1. The molecule has 0 aliphatic carbocycles. The maximum atomic E-state index is 6.49. The smallest absolute Gasteiger partial charge is 0.119 e. The summed E-state index contributed by atoms with van der Waals surface area (Å²) in [4.78, 5) is 0. The first-order valence-electron chi connectivity index (χ1n) is 8.50. The van der Waals surface area contributed by atoms with E-state index in [9.17, 15) is 0 Å². The average Bonchev–Trinajstić information content (AvgIpc) is 2.60. The number of methoxy groups -OCH3 is 1. The topological polar surface area (TPSA) is 18.5 Å². The molecule has 0 amide bonds. The van der Waals surface area contributed by atoms with Crippen LogP contribution in [0.15, 0.2) is 59.1 Å². The molecule has 0 saturated carbocycles. The summed E-state index contributed by atoms with van der Waals surface area (Å²) in [6.45, 7) is 4.33. The fourth-order valence-corrected chi connectivity index (χ4v) is 3.95. The van der Waals surface area contributed by atoms with Crippen LogP contribution < -0.4 is 4.74 Å². The molecule has 3 aromatic carbocycles. The van der Waals surface area contributed by atoms with Crippen molar-refractivity contribution in [2.24, 2.45) is 0 Å². The fourth-order valence-electron chi connectivity index (χ4n) is 3.68. The number of ether oxygens (including phenoxy) is 2. The second kappa shape index (κ2) is 6.15. The zero-order valence-electron chi connectivity index (χ0n) is 14.7. The molecule has 0 fully saturated rings. The Hall–Kier alpha value is -1.84. The molecular formula is C22H21BrO2. The lowest BCUT2D eigenvalue weighted by Gasteiger charge is -2.38. The summed E-state index contributed by atoms with van der Waals surface area (Å²) in [6.07, 6.45) is 0.835. The summed E-state index contributed by atoms with van der Waals surface area (Å²) >= 11 is 3.52. The van der Waals surface area contributed by atoms with Gasteiger partial charge in [0, 0.05) is 10.9 Å². The average molecular weight is 397 g/mol. The number of rotatable bonds is 2. The molecule has 1 heterocycles. The van der Waals surface area contributed by atoms with Gasteiger partial charge < -0.3 is 9.47 Å². The molecule has 0 aromatic heterocycles. The van der Waals surface area contributed by atoms with E-state index in [0.29, 0.717) is 0 Å². The van der Waals surface area contributed by atoms with Gasteiger partial charge in [-0.15, -0.1) is 0 Å². The van der Waals surface area contributed by atoms with Crippen molar-refractivity contribution in [3.05, 3.63) is 75.8 Å². The summed E-state index contributed by atoms with van der Waals surface area (Å²) in [5.74, 6) is 0.894. The first kappa shape index (κ1) is 16.6. The van der Waals surface area contributed by atoms with Crippen molar-refractivity contribution < 1.29 is 9.47 Å². The van der Waals surface area contributed by atoms with Gasteiger partial charge in [0.15, 0.2) is 0 Å². The normalized spacial score (nSPS) is 18.8. The standard InChI is InChI=1S/C22H21BrO2/c1-22(2)13-20-18(21(25-22)15-4-8-16(23)9-5-15)11-7-14-6-10-17(24-3)12-19(14)20/h4-12,21H,13H2,1-3H3. The maximum absolute atomic E-state index is 6.49. The van der Waals surface area contributed by atoms with Gasteiger partial charge in [0.05, 0.1) is 12.7 Å². The van der Waals surface area contributed by atoms with Crippen LogP contribution in [0, 0.1) is 0 Å². The SMILES string of the molecule is COc1ccc2ccc3c(c2c1)CC(C)(C)OC3c1ccc(Br)cc1. The van der Waals surface area contributed by atoms with E-state index >= 15 is 0 Å². The van der Waals surface area contributed by atoms with Crippen LogP contribution in [0.4, 0.5) is 0 Å². The Morgan fingerprint density at radius 2 is 1.76 bits per heavy atom. The molecule has 1 aliphatic heterocycles. The zero-order valence-corrected chi connectivity index (χ0v) is 16.3. The van der Waals surface area contributed by atoms with Gasteiger partial charge in [0.2, 0.25) is 0 Å². The Morgan fingerprint density at radius 3 is 2.48 bits per heavy atom. The summed E-state index contributed by atoms with van der Waals surface area (Å²) in [7, 11) is 1.72. The molecule has 2 nitrogen and oxygen atoms in total. The molecule has 1 unspecified atom stereocenters. The van der Waals surface area contributed by atoms with Gasteiger partial charge in [-0.3, -0.25) is 0 Å². The highest BCUT2D eigenvalue weighted by Gasteiger charge is 2.34. The molecule has 0 N–H and O–H groups in total. The molecule has 0 radical (unpaired) electrons. The minimum Gasteiger partial charge on any atom is -0.497 e. The molecular weight excluding hydrogens is 376 g/mol. The third-order valence-electron chi connectivity index (χ3n) is 4.87. The van der Waals surface area contributed by atoms with Crippen molar-refractivity contribution in [2.45, 2.75) is 32.0 Å². The summed E-state index contributed by atoms with van der Waals surface area (Å²) < 4.78 is 13.0. The Kier molecular flexibility index (Phi) is 4.09. The van der Waals surface area contributed by atoms with Crippen LogP contribution in [0.1, 0.15) is 36.6 Å². The molecule has 128 valence electrons. The number of fused-ring (bicyclic) bond motifs is 3. The molecule has 0 spiro atoms. The van der Waals surface area contributed by atoms with E-state index in [4.69, 9.17) is 9.47 Å². The Bertz CT molecular complexity index is 929. The lowest BCUT2D eigenvalue weighted by atomic mass is 9.83. The molecule has 3 heteroatoms. The van der Waals surface area contributed by atoms with Gasteiger partial charge in [-0.05, 0) is 65.6 Å². The third kappa shape index (κ3) is 3.07. The Balaban J connectivity index is 1.93. The lowest BCUT2D eigenvalue weighted by Crippen LogP contribution is -2.35. The molecule has 4 rings (SSSR count). The molecule has 25 heavy (non-hydrogen) atoms. The number of hydrogen-bond donors (Lipinski definition) is 0. The van der Waals surface area contributed by atoms with Crippen LogP contribution in [-0.4, -0.2) is 12.7 Å². The van der Waals surface area contributed by atoms with Crippen LogP contribution in [0.2, 0.25) is 0 Å². The molecule has 1 atom stereocenters. The van der Waals surface area contributed by atoms with E-state index in [-0.39, 0.29) is 11.7 Å². The largest absolute Gasteiger partial charge is 0.497 e. The van der Waals surface area contributed by atoms with E-state index in [2.05, 4.69) is 78.3 Å². The second-order valence-electron chi connectivity index (χ2n) is 7.21. The molecule has 3 aromatic rings. The van der Waals surface area contributed by atoms with Crippen LogP contribution >= 0.6 is 15.9 Å².